The first-order valence-electron chi connectivity index (χ1n) is 9.59. The minimum absolute atomic E-state index is 0.0362. The fourth-order valence-corrected chi connectivity index (χ4v) is 7.94. The molecule has 2 fully saturated rings. The number of nitrogens with zero attached hydrogens (tertiary/aromatic N) is 1. The average Bonchev–Trinajstić information content (AvgIpc) is 3.02. The summed E-state index contributed by atoms with van der Waals surface area (Å²) in [5, 5.41) is 8.89. The van der Waals surface area contributed by atoms with Crippen LogP contribution in [0.5, 0.6) is 0 Å². The molecule has 0 bridgehead atoms. The molecule has 1 saturated carbocycles. The zero-order valence-electron chi connectivity index (χ0n) is 16.1. The summed E-state index contributed by atoms with van der Waals surface area (Å²) in [7, 11) is -4.16. The van der Waals surface area contributed by atoms with Crippen molar-refractivity contribution >= 4 is 50.5 Å². The van der Waals surface area contributed by atoms with Crippen molar-refractivity contribution in [2.75, 3.05) is 13.1 Å². The van der Waals surface area contributed by atoms with E-state index in [0.29, 0.717) is 37.0 Å². The summed E-state index contributed by atoms with van der Waals surface area (Å²) in [4.78, 5) is 11.4. The Morgan fingerprint density at radius 1 is 1.06 bits per heavy atom. The summed E-state index contributed by atoms with van der Waals surface area (Å²) in [5.41, 5.74) is 0.949. The van der Waals surface area contributed by atoms with E-state index in [0.717, 1.165) is 4.31 Å². The molecule has 1 aliphatic carbocycles. The molecule has 31 heavy (non-hydrogen) atoms. The molecule has 1 aromatic heterocycles. The number of hydrogen-bond donors (Lipinski definition) is 2. The Kier molecular flexibility index (Phi) is 7.82. The van der Waals surface area contributed by atoms with Crippen molar-refractivity contribution in [1.82, 2.24) is 9.79 Å². The zero-order valence-corrected chi connectivity index (χ0v) is 19.3. The molecule has 2 heterocycles. The SMILES string of the molecule is O=C(NO)c1c(Cl)sc(Cl)c1S(=O)(=O)N1CCC(OC2CCC(C(F)(F)F)CC2)CC1. The van der Waals surface area contributed by atoms with Crippen LogP contribution in [0.3, 0.4) is 0 Å². The zero-order chi connectivity index (χ0) is 23.0. The minimum atomic E-state index is -4.18. The van der Waals surface area contributed by atoms with Gasteiger partial charge in [-0.2, -0.15) is 17.5 Å². The maximum Gasteiger partial charge on any atom is 0.391 e. The molecule has 0 unspecified atom stereocenters. The molecule has 2 aliphatic rings. The third-order valence-corrected chi connectivity index (χ3v) is 9.45. The normalized spacial score (nSPS) is 24.3. The number of rotatable bonds is 5. The molecule has 2 N–H and O–H groups in total. The number of ether oxygens (including phenoxy) is 1. The van der Waals surface area contributed by atoms with E-state index < -0.39 is 38.5 Å². The van der Waals surface area contributed by atoms with Gasteiger partial charge in [-0.05, 0) is 38.5 Å². The highest BCUT2D eigenvalue weighted by molar-refractivity contribution is 7.89. The highest BCUT2D eigenvalue weighted by atomic mass is 35.5. The van der Waals surface area contributed by atoms with E-state index in [4.69, 9.17) is 33.1 Å². The van der Waals surface area contributed by atoms with Crippen LogP contribution in [0.1, 0.15) is 48.9 Å². The molecule has 0 atom stereocenters. The van der Waals surface area contributed by atoms with Crippen LogP contribution in [0.2, 0.25) is 8.67 Å². The molecule has 176 valence electrons. The quantitative estimate of drug-likeness (QED) is 0.437. The van der Waals surface area contributed by atoms with E-state index in [-0.39, 0.29) is 46.8 Å². The summed E-state index contributed by atoms with van der Waals surface area (Å²) >= 11 is 12.7. The van der Waals surface area contributed by atoms with Crippen molar-refractivity contribution < 1.29 is 36.3 Å². The third-order valence-electron chi connectivity index (χ3n) is 5.63. The van der Waals surface area contributed by atoms with E-state index in [1.807, 2.05) is 0 Å². The number of piperidine rings is 1. The van der Waals surface area contributed by atoms with Gasteiger partial charge in [-0.15, -0.1) is 11.3 Å². The van der Waals surface area contributed by atoms with Gasteiger partial charge in [-0.25, -0.2) is 13.9 Å². The second-order valence-corrected chi connectivity index (χ2v) is 11.6. The minimum Gasteiger partial charge on any atom is -0.375 e. The van der Waals surface area contributed by atoms with Crippen LogP contribution >= 0.6 is 34.5 Å². The molecular formula is C17H21Cl2F3N2O5S2. The van der Waals surface area contributed by atoms with Gasteiger partial charge in [-0.3, -0.25) is 10.0 Å². The highest BCUT2D eigenvalue weighted by Gasteiger charge is 2.42. The number of alkyl halides is 3. The largest absolute Gasteiger partial charge is 0.391 e. The van der Waals surface area contributed by atoms with Crippen LogP contribution < -0.4 is 5.48 Å². The van der Waals surface area contributed by atoms with Gasteiger partial charge in [0.15, 0.2) is 0 Å². The predicted molar refractivity (Wildman–Crippen MR) is 108 cm³/mol. The van der Waals surface area contributed by atoms with E-state index in [2.05, 4.69) is 0 Å². The molecule has 3 rings (SSSR count). The Balaban J connectivity index is 1.61. The van der Waals surface area contributed by atoms with Crippen LogP contribution in [-0.2, 0) is 14.8 Å². The smallest absolute Gasteiger partial charge is 0.375 e. The van der Waals surface area contributed by atoms with E-state index in [1.165, 1.54) is 5.48 Å². The fraction of sp³-hybridized carbons (Fsp3) is 0.706. The summed E-state index contributed by atoms with van der Waals surface area (Å²) in [5.74, 6) is -2.37. The molecule has 1 aromatic rings. The maximum absolute atomic E-state index is 13.1. The molecule has 7 nitrogen and oxygen atoms in total. The Labute approximate surface area is 191 Å². The van der Waals surface area contributed by atoms with Crippen LogP contribution in [0, 0.1) is 5.92 Å². The number of halogens is 5. The monoisotopic (exact) mass is 524 g/mol. The van der Waals surface area contributed by atoms with Gasteiger partial charge in [0.25, 0.3) is 5.91 Å². The molecule has 0 aromatic carbocycles. The maximum atomic E-state index is 13.1. The van der Waals surface area contributed by atoms with Gasteiger partial charge in [0.2, 0.25) is 10.0 Å². The predicted octanol–water partition coefficient (Wildman–Crippen LogP) is 4.46. The lowest BCUT2D eigenvalue weighted by Crippen LogP contribution is -2.42. The van der Waals surface area contributed by atoms with Crippen LogP contribution in [-0.4, -0.2) is 55.3 Å². The summed E-state index contributed by atoms with van der Waals surface area (Å²) in [6.45, 7) is 0.184. The molecule has 1 saturated heterocycles. The molecule has 1 aliphatic heterocycles. The van der Waals surface area contributed by atoms with Gasteiger partial charge >= 0.3 is 6.18 Å². The average molecular weight is 525 g/mol. The van der Waals surface area contributed by atoms with Crippen molar-refractivity contribution in [3.8, 4) is 0 Å². The van der Waals surface area contributed by atoms with Gasteiger partial charge in [-0.1, -0.05) is 23.2 Å². The van der Waals surface area contributed by atoms with Crippen LogP contribution in [0.4, 0.5) is 13.2 Å². The Morgan fingerprint density at radius 3 is 2.13 bits per heavy atom. The first kappa shape index (κ1) is 25.0. The van der Waals surface area contributed by atoms with Crippen LogP contribution in [0.25, 0.3) is 0 Å². The number of sulfonamides is 1. The van der Waals surface area contributed by atoms with Gasteiger partial charge in [0.05, 0.1) is 23.7 Å². The van der Waals surface area contributed by atoms with Crippen molar-refractivity contribution in [2.45, 2.75) is 61.8 Å². The van der Waals surface area contributed by atoms with Crippen molar-refractivity contribution in [1.29, 1.82) is 0 Å². The number of carbonyl (C=O) groups is 1. The van der Waals surface area contributed by atoms with Crippen LogP contribution in [0.15, 0.2) is 4.90 Å². The lowest BCUT2D eigenvalue weighted by Gasteiger charge is -2.36. The summed E-state index contributed by atoms with van der Waals surface area (Å²) in [6, 6.07) is 0. The first-order chi connectivity index (χ1) is 14.4. The van der Waals surface area contributed by atoms with Crippen molar-refractivity contribution in [2.24, 2.45) is 5.92 Å². The topological polar surface area (TPSA) is 95.9 Å². The first-order valence-corrected chi connectivity index (χ1v) is 12.6. The Morgan fingerprint density at radius 2 is 1.61 bits per heavy atom. The molecule has 0 spiro atoms. The number of hydrogen-bond acceptors (Lipinski definition) is 6. The number of nitrogens with one attached hydrogen (secondary N) is 1. The number of carbonyl (C=O) groups excluding carboxylic acids is 1. The summed E-state index contributed by atoms with van der Waals surface area (Å²) < 4.78 is 71.3. The number of amides is 1. The lowest BCUT2D eigenvalue weighted by molar-refractivity contribution is -0.189. The lowest BCUT2D eigenvalue weighted by atomic mass is 9.87. The molecule has 1 amide bonds. The van der Waals surface area contributed by atoms with Gasteiger partial charge in [0, 0.05) is 13.1 Å². The van der Waals surface area contributed by atoms with Gasteiger partial charge in [0.1, 0.15) is 13.6 Å². The van der Waals surface area contributed by atoms with E-state index >= 15 is 0 Å². The molecule has 14 heteroatoms. The van der Waals surface area contributed by atoms with Gasteiger partial charge < -0.3 is 4.74 Å². The van der Waals surface area contributed by atoms with Crippen molar-refractivity contribution in [3.05, 3.63) is 14.2 Å². The van der Waals surface area contributed by atoms with E-state index in [9.17, 15) is 26.4 Å². The Bertz CT molecular complexity index is 910. The second-order valence-electron chi connectivity index (χ2n) is 7.55. The van der Waals surface area contributed by atoms with Crippen molar-refractivity contribution in [3.63, 3.8) is 0 Å². The Hall–Kier alpha value is -0.630. The highest BCUT2D eigenvalue weighted by Crippen LogP contribution is 2.42. The third kappa shape index (κ3) is 5.48. The molecular weight excluding hydrogens is 504 g/mol. The van der Waals surface area contributed by atoms with E-state index in [1.54, 1.807) is 0 Å². The number of hydroxylamine groups is 1. The summed E-state index contributed by atoms with van der Waals surface area (Å²) in [6.07, 6.45) is -3.27. The fourth-order valence-electron chi connectivity index (χ4n) is 3.98. The standard InChI is InChI=1S/C17H21Cl2F3N2O5S2/c18-14-12(16(25)23-26)13(15(19)30-14)31(27,28)24-7-5-11(6-8-24)29-10-3-1-9(2-4-10)17(20,21)22/h9-11,26H,1-8H2,(H,23,25). The number of thiophene rings is 1. The second kappa shape index (κ2) is 9.70. The molecule has 0 radical (unpaired) electrons.